The lowest BCUT2D eigenvalue weighted by Crippen LogP contribution is -1.94. The van der Waals surface area contributed by atoms with E-state index in [-0.39, 0.29) is 0 Å². The lowest BCUT2D eigenvalue weighted by Gasteiger charge is -2.18. The largest absolute Gasteiger partial charge is 0.309 e. The van der Waals surface area contributed by atoms with Crippen LogP contribution in [0, 0.1) is 0 Å². The highest BCUT2D eigenvalue weighted by molar-refractivity contribution is 7.26. The highest BCUT2D eigenvalue weighted by Crippen LogP contribution is 2.47. The minimum Gasteiger partial charge on any atom is -0.309 e. The third kappa shape index (κ3) is 3.62. The number of rotatable bonds is 3. The predicted molar refractivity (Wildman–Crippen MR) is 200 cm³/mol. The standard InChI is InChI=1S/C44H27NS/c1-3-17-35-33(15-1)42(28-24-26-29(27-25-28)45-39-21-8-5-12-30(39)31-13-6-9-22-40(31)45)34-16-2-4-18-36(34)43(35)38-20-11-19-37-32-14-7-10-23-41(32)46-44(37)38/h1-27H. The molecular formula is C44H27NS. The van der Waals surface area contributed by atoms with Crippen LogP contribution in [0.1, 0.15) is 0 Å². The molecule has 2 heteroatoms. The number of nitrogens with zero attached hydrogens (tertiary/aromatic N) is 1. The maximum absolute atomic E-state index is 2.39. The second-order valence-corrected chi connectivity index (χ2v) is 13.1. The molecule has 46 heavy (non-hydrogen) atoms. The van der Waals surface area contributed by atoms with Crippen LogP contribution >= 0.6 is 11.3 Å². The second kappa shape index (κ2) is 9.90. The predicted octanol–water partition coefficient (Wildman–Crippen LogP) is 12.8. The summed E-state index contributed by atoms with van der Waals surface area (Å²) in [5.74, 6) is 0. The van der Waals surface area contributed by atoms with Gasteiger partial charge in [0.25, 0.3) is 0 Å². The van der Waals surface area contributed by atoms with Crippen molar-refractivity contribution in [3.8, 4) is 27.9 Å². The molecule has 0 bridgehead atoms. The Hall–Kier alpha value is -5.70. The van der Waals surface area contributed by atoms with Gasteiger partial charge < -0.3 is 4.57 Å². The van der Waals surface area contributed by atoms with Crippen molar-refractivity contribution < 1.29 is 0 Å². The Labute approximate surface area is 270 Å². The summed E-state index contributed by atoms with van der Waals surface area (Å²) in [6.07, 6.45) is 0. The second-order valence-electron chi connectivity index (χ2n) is 12.0. The number of benzene rings is 8. The summed E-state index contributed by atoms with van der Waals surface area (Å²) in [6.45, 7) is 0. The Bertz CT molecular complexity index is 2690. The number of hydrogen-bond acceptors (Lipinski definition) is 1. The van der Waals surface area contributed by atoms with E-state index in [0.717, 1.165) is 0 Å². The first-order valence-corrected chi connectivity index (χ1v) is 16.6. The maximum atomic E-state index is 2.39. The third-order valence-corrected chi connectivity index (χ3v) is 10.8. The van der Waals surface area contributed by atoms with E-state index in [9.17, 15) is 0 Å². The Morgan fingerprint density at radius 3 is 1.43 bits per heavy atom. The average Bonchev–Trinajstić information content (AvgIpc) is 3.67. The van der Waals surface area contributed by atoms with Gasteiger partial charge in [-0.1, -0.05) is 133 Å². The first kappa shape index (κ1) is 25.6. The molecule has 0 aliphatic carbocycles. The molecule has 214 valence electrons. The molecule has 0 saturated heterocycles. The van der Waals surface area contributed by atoms with Crippen LogP contribution in [0.15, 0.2) is 164 Å². The quantitative estimate of drug-likeness (QED) is 0.178. The zero-order valence-corrected chi connectivity index (χ0v) is 25.8. The molecule has 0 fully saturated rings. The van der Waals surface area contributed by atoms with Gasteiger partial charge in [-0.05, 0) is 68.6 Å². The maximum Gasteiger partial charge on any atom is 0.0541 e. The zero-order chi connectivity index (χ0) is 30.2. The number of fused-ring (bicyclic) bond motifs is 8. The van der Waals surface area contributed by atoms with E-state index in [2.05, 4.69) is 168 Å². The van der Waals surface area contributed by atoms with Gasteiger partial charge in [0.15, 0.2) is 0 Å². The minimum atomic E-state index is 1.17. The fourth-order valence-corrected chi connectivity index (χ4v) is 8.87. The summed E-state index contributed by atoms with van der Waals surface area (Å²) in [5, 5.41) is 10.3. The Kier molecular flexibility index (Phi) is 5.51. The normalized spacial score (nSPS) is 11.9. The molecule has 8 aromatic carbocycles. The van der Waals surface area contributed by atoms with E-state index >= 15 is 0 Å². The molecule has 0 unspecified atom stereocenters. The summed E-state index contributed by atoms with van der Waals surface area (Å²) >= 11 is 1.90. The average molecular weight is 602 g/mol. The lowest BCUT2D eigenvalue weighted by molar-refractivity contribution is 1.18. The SMILES string of the molecule is c1ccc2c(c1)sc1c(-c3c4ccccc4c(-c4ccc(-n5c6ccccc6c6ccccc65)cc4)c4ccccc34)cccc12. The van der Waals surface area contributed by atoms with E-state index in [0.29, 0.717) is 0 Å². The van der Waals surface area contributed by atoms with Crippen molar-refractivity contribution in [3.63, 3.8) is 0 Å². The molecule has 0 N–H and O–H groups in total. The molecule has 10 rings (SSSR count). The van der Waals surface area contributed by atoms with Crippen LogP contribution in [-0.4, -0.2) is 4.57 Å². The van der Waals surface area contributed by atoms with Crippen LogP contribution in [-0.2, 0) is 0 Å². The fraction of sp³-hybridized carbons (Fsp3) is 0. The molecule has 10 aromatic rings. The Balaban J connectivity index is 1.23. The monoisotopic (exact) mass is 601 g/mol. The Morgan fingerprint density at radius 2 is 0.826 bits per heavy atom. The summed E-state index contributed by atoms with van der Waals surface area (Å²) < 4.78 is 5.07. The fourth-order valence-electron chi connectivity index (χ4n) is 7.65. The van der Waals surface area contributed by atoms with E-state index in [1.54, 1.807) is 0 Å². The van der Waals surface area contributed by atoms with Gasteiger partial charge in [0.2, 0.25) is 0 Å². The van der Waals surface area contributed by atoms with Gasteiger partial charge >= 0.3 is 0 Å². The topological polar surface area (TPSA) is 4.93 Å². The zero-order valence-electron chi connectivity index (χ0n) is 24.9. The highest BCUT2D eigenvalue weighted by atomic mass is 32.1. The molecule has 0 radical (unpaired) electrons. The van der Waals surface area contributed by atoms with Gasteiger partial charge in [-0.3, -0.25) is 0 Å². The molecule has 0 atom stereocenters. The summed E-state index contributed by atoms with van der Waals surface area (Å²) in [7, 11) is 0. The number of hydrogen-bond donors (Lipinski definition) is 0. The lowest BCUT2D eigenvalue weighted by atomic mass is 9.85. The van der Waals surface area contributed by atoms with Crippen molar-refractivity contribution in [2.75, 3.05) is 0 Å². The van der Waals surface area contributed by atoms with Crippen molar-refractivity contribution in [1.82, 2.24) is 4.57 Å². The molecule has 1 nitrogen and oxygen atoms in total. The van der Waals surface area contributed by atoms with Gasteiger partial charge in [-0.25, -0.2) is 0 Å². The van der Waals surface area contributed by atoms with Crippen molar-refractivity contribution >= 4 is 74.9 Å². The first-order chi connectivity index (χ1) is 22.8. The molecule has 2 heterocycles. The first-order valence-electron chi connectivity index (χ1n) is 15.8. The van der Waals surface area contributed by atoms with Crippen molar-refractivity contribution in [3.05, 3.63) is 164 Å². The van der Waals surface area contributed by atoms with Crippen LogP contribution in [0.4, 0.5) is 0 Å². The number of aromatic nitrogens is 1. The molecule has 0 aliphatic rings. The van der Waals surface area contributed by atoms with Crippen molar-refractivity contribution in [2.45, 2.75) is 0 Å². The molecule has 0 amide bonds. The number of para-hydroxylation sites is 2. The number of thiophene rings is 1. The van der Waals surface area contributed by atoms with Crippen LogP contribution in [0.2, 0.25) is 0 Å². The highest BCUT2D eigenvalue weighted by Gasteiger charge is 2.19. The summed E-state index contributed by atoms with van der Waals surface area (Å²) in [5.41, 5.74) is 8.76. The molecule has 0 saturated carbocycles. The molecule has 0 aliphatic heterocycles. The van der Waals surface area contributed by atoms with Crippen molar-refractivity contribution in [2.24, 2.45) is 0 Å². The van der Waals surface area contributed by atoms with Gasteiger partial charge in [0, 0.05) is 42.2 Å². The summed E-state index contributed by atoms with van der Waals surface area (Å²) in [4.78, 5) is 0. The third-order valence-electron chi connectivity index (χ3n) is 9.60. The molecule has 0 spiro atoms. The van der Waals surface area contributed by atoms with Crippen LogP contribution in [0.5, 0.6) is 0 Å². The van der Waals surface area contributed by atoms with Crippen molar-refractivity contribution in [1.29, 1.82) is 0 Å². The van der Waals surface area contributed by atoms with Gasteiger partial charge in [-0.15, -0.1) is 11.3 Å². The van der Waals surface area contributed by atoms with Gasteiger partial charge in [-0.2, -0.15) is 0 Å². The van der Waals surface area contributed by atoms with E-state index < -0.39 is 0 Å². The van der Waals surface area contributed by atoms with Crippen LogP contribution < -0.4 is 0 Å². The van der Waals surface area contributed by atoms with Gasteiger partial charge in [0.05, 0.1) is 11.0 Å². The van der Waals surface area contributed by atoms with Crippen LogP contribution in [0.25, 0.3) is 91.5 Å². The van der Waals surface area contributed by atoms with Gasteiger partial charge in [0.1, 0.15) is 0 Å². The molecular weight excluding hydrogens is 575 g/mol. The smallest absolute Gasteiger partial charge is 0.0541 e. The minimum absolute atomic E-state index is 1.17. The molecule has 2 aromatic heterocycles. The van der Waals surface area contributed by atoms with E-state index in [1.807, 2.05) is 11.3 Å². The summed E-state index contributed by atoms with van der Waals surface area (Å²) in [6, 6.07) is 60.1. The van der Waals surface area contributed by atoms with E-state index in [1.165, 1.54) is 91.5 Å². The van der Waals surface area contributed by atoms with E-state index in [4.69, 9.17) is 0 Å². The van der Waals surface area contributed by atoms with Crippen LogP contribution in [0.3, 0.4) is 0 Å². The Morgan fingerprint density at radius 1 is 0.348 bits per heavy atom.